The number of halogens is 2. The van der Waals surface area contributed by atoms with Gasteiger partial charge >= 0.3 is 0 Å². The molecule has 2 heterocycles. The second kappa shape index (κ2) is 6.50. The average molecular weight is 396 g/mol. The van der Waals surface area contributed by atoms with E-state index in [1.54, 1.807) is 0 Å². The normalized spacial score (nSPS) is 17.2. The summed E-state index contributed by atoms with van der Waals surface area (Å²) in [5.41, 5.74) is 1.14. The number of aryl methyl sites for hydroxylation is 1. The van der Waals surface area contributed by atoms with Gasteiger partial charge in [0.25, 0.3) is 5.91 Å². The van der Waals surface area contributed by atoms with E-state index in [0.717, 1.165) is 52.3 Å². The quantitative estimate of drug-likeness (QED) is 0.734. The zero-order valence-corrected chi connectivity index (χ0v) is 14.3. The number of piperazine rings is 1. The molecule has 0 radical (unpaired) electrons. The molecular formula is C12H16Br2N2OS. The molecule has 0 N–H and O–H groups in total. The van der Waals surface area contributed by atoms with Gasteiger partial charge in [-0.2, -0.15) is 0 Å². The molecule has 1 aliphatic rings. The van der Waals surface area contributed by atoms with Gasteiger partial charge in [-0.1, -0.05) is 15.9 Å². The molecule has 6 heteroatoms. The standard InChI is InChI=1S/C12H16Br2N2OS/c1-9-8-10(18-11(9)14)12(17)16-6-4-15(3-2-13)5-7-16/h8H,2-7H2,1H3. The molecule has 1 saturated heterocycles. The van der Waals surface area contributed by atoms with Crippen molar-refractivity contribution >= 4 is 49.1 Å². The predicted molar refractivity (Wildman–Crippen MR) is 82.9 cm³/mol. The first-order chi connectivity index (χ1) is 8.61. The van der Waals surface area contributed by atoms with Crippen LogP contribution in [-0.2, 0) is 0 Å². The maximum atomic E-state index is 12.3. The van der Waals surface area contributed by atoms with Crippen molar-refractivity contribution < 1.29 is 4.79 Å². The average Bonchev–Trinajstić information content (AvgIpc) is 2.70. The Kier molecular flexibility index (Phi) is 5.24. The highest BCUT2D eigenvalue weighted by atomic mass is 79.9. The molecule has 0 bridgehead atoms. The van der Waals surface area contributed by atoms with Crippen LogP contribution in [0.4, 0.5) is 0 Å². The predicted octanol–water partition coefficient (Wildman–Crippen LogP) is 2.97. The zero-order valence-electron chi connectivity index (χ0n) is 10.3. The fraction of sp³-hybridized carbons (Fsp3) is 0.583. The number of carbonyl (C=O) groups is 1. The third kappa shape index (κ3) is 3.35. The molecule has 0 unspecified atom stereocenters. The molecule has 18 heavy (non-hydrogen) atoms. The van der Waals surface area contributed by atoms with Gasteiger partial charge < -0.3 is 4.90 Å². The Morgan fingerprint density at radius 2 is 2.06 bits per heavy atom. The van der Waals surface area contributed by atoms with E-state index in [2.05, 4.69) is 36.8 Å². The summed E-state index contributed by atoms with van der Waals surface area (Å²) >= 11 is 8.45. The monoisotopic (exact) mass is 394 g/mol. The number of alkyl halides is 1. The van der Waals surface area contributed by atoms with E-state index in [-0.39, 0.29) is 5.91 Å². The molecule has 0 spiro atoms. The van der Waals surface area contributed by atoms with Crippen LogP contribution in [0.1, 0.15) is 15.2 Å². The summed E-state index contributed by atoms with van der Waals surface area (Å²) in [5.74, 6) is 0.173. The lowest BCUT2D eigenvalue weighted by atomic mass is 10.2. The number of carbonyl (C=O) groups excluding carboxylic acids is 1. The smallest absolute Gasteiger partial charge is 0.264 e. The van der Waals surface area contributed by atoms with Crippen molar-refractivity contribution in [2.75, 3.05) is 38.1 Å². The van der Waals surface area contributed by atoms with Gasteiger partial charge in [-0.25, -0.2) is 0 Å². The van der Waals surface area contributed by atoms with Crippen molar-refractivity contribution in [3.05, 3.63) is 20.3 Å². The number of rotatable bonds is 3. The second-order valence-corrected chi connectivity index (χ2v) is 7.55. The number of hydrogen-bond acceptors (Lipinski definition) is 3. The van der Waals surface area contributed by atoms with Crippen molar-refractivity contribution in [1.29, 1.82) is 0 Å². The van der Waals surface area contributed by atoms with Crippen molar-refractivity contribution in [2.24, 2.45) is 0 Å². The van der Waals surface area contributed by atoms with Crippen molar-refractivity contribution in [1.82, 2.24) is 9.80 Å². The molecule has 1 aromatic rings. The molecule has 1 aliphatic heterocycles. The van der Waals surface area contributed by atoms with Crippen LogP contribution in [0.3, 0.4) is 0 Å². The van der Waals surface area contributed by atoms with Gasteiger partial charge in [0.1, 0.15) is 0 Å². The third-order valence-corrected chi connectivity index (χ3v) is 5.61. The fourth-order valence-corrected chi connectivity index (χ4v) is 4.02. The molecule has 2 rings (SSSR count). The molecule has 1 amide bonds. The topological polar surface area (TPSA) is 23.6 Å². The molecule has 1 aromatic heterocycles. The first-order valence-corrected chi connectivity index (χ1v) is 8.68. The van der Waals surface area contributed by atoms with Crippen LogP contribution >= 0.6 is 43.2 Å². The molecule has 0 atom stereocenters. The second-order valence-electron chi connectivity index (χ2n) is 4.39. The van der Waals surface area contributed by atoms with Crippen LogP contribution in [0, 0.1) is 6.92 Å². The van der Waals surface area contributed by atoms with E-state index in [9.17, 15) is 4.79 Å². The first-order valence-electron chi connectivity index (χ1n) is 5.95. The minimum atomic E-state index is 0.173. The highest BCUT2D eigenvalue weighted by Gasteiger charge is 2.23. The lowest BCUT2D eigenvalue weighted by Crippen LogP contribution is -2.48. The molecule has 100 valence electrons. The van der Waals surface area contributed by atoms with Crippen LogP contribution in [0.25, 0.3) is 0 Å². The number of amides is 1. The maximum Gasteiger partial charge on any atom is 0.264 e. The Bertz CT molecular complexity index is 408. The molecule has 3 nitrogen and oxygen atoms in total. The van der Waals surface area contributed by atoms with Gasteiger partial charge in [0, 0.05) is 38.1 Å². The van der Waals surface area contributed by atoms with Crippen LogP contribution in [0.15, 0.2) is 9.85 Å². The summed E-state index contributed by atoms with van der Waals surface area (Å²) < 4.78 is 1.06. The first kappa shape index (κ1) is 14.5. The number of nitrogens with zero attached hydrogens (tertiary/aromatic N) is 2. The van der Waals surface area contributed by atoms with Crippen LogP contribution in [0.2, 0.25) is 0 Å². The molecule has 1 fully saturated rings. The van der Waals surface area contributed by atoms with E-state index in [1.165, 1.54) is 11.3 Å². The Hall–Kier alpha value is 0.0900. The van der Waals surface area contributed by atoms with E-state index in [0.29, 0.717) is 0 Å². The number of thiophene rings is 1. The summed E-state index contributed by atoms with van der Waals surface area (Å²) in [7, 11) is 0. The van der Waals surface area contributed by atoms with Crippen molar-refractivity contribution in [3.63, 3.8) is 0 Å². The van der Waals surface area contributed by atoms with Gasteiger partial charge in [-0.3, -0.25) is 9.69 Å². The largest absolute Gasteiger partial charge is 0.335 e. The van der Waals surface area contributed by atoms with Crippen LogP contribution in [-0.4, -0.2) is 53.8 Å². The summed E-state index contributed by atoms with van der Waals surface area (Å²) in [6.07, 6.45) is 0. The summed E-state index contributed by atoms with van der Waals surface area (Å²) in [6, 6.07) is 1.97. The van der Waals surface area contributed by atoms with Gasteiger partial charge in [0.15, 0.2) is 0 Å². The van der Waals surface area contributed by atoms with E-state index in [4.69, 9.17) is 0 Å². The van der Waals surface area contributed by atoms with E-state index >= 15 is 0 Å². The zero-order chi connectivity index (χ0) is 13.1. The minimum Gasteiger partial charge on any atom is -0.335 e. The molecule has 0 saturated carbocycles. The highest BCUT2D eigenvalue weighted by molar-refractivity contribution is 9.11. The molecule has 0 aromatic carbocycles. The SMILES string of the molecule is Cc1cc(C(=O)N2CCN(CCBr)CC2)sc1Br. The van der Waals surface area contributed by atoms with Crippen molar-refractivity contribution in [2.45, 2.75) is 6.92 Å². The van der Waals surface area contributed by atoms with Crippen LogP contribution < -0.4 is 0 Å². The van der Waals surface area contributed by atoms with Gasteiger partial charge in [-0.05, 0) is 34.5 Å². The minimum absolute atomic E-state index is 0.173. The lowest BCUT2D eigenvalue weighted by molar-refractivity contribution is 0.0649. The highest BCUT2D eigenvalue weighted by Crippen LogP contribution is 2.28. The van der Waals surface area contributed by atoms with Crippen LogP contribution in [0.5, 0.6) is 0 Å². The Balaban J connectivity index is 1.95. The Morgan fingerprint density at radius 3 is 2.56 bits per heavy atom. The van der Waals surface area contributed by atoms with Gasteiger partial charge in [0.2, 0.25) is 0 Å². The summed E-state index contributed by atoms with van der Waals surface area (Å²) in [5, 5.41) is 0.998. The maximum absolute atomic E-state index is 12.3. The molecule has 0 aliphatic carbocycles. The molecular weight excluding hydrogens is 380 g/mol. The van der Waals surface area contributed by atoms with Gasteiger partial charge in [0.05, 0.1) is 8.66 Å². The Morgan fingerprint density at radius 1 is 1.39 bits per heavy atom. The lowest BCUT2D eigenvalue weighted by Gasteiger charge is -2.34. The summed E-state index contributed by atoms with van der Waals surface area (Å²) in [6.45, 7) is 6.70. The third-order valence-electron chi connectivity index (χ3n) is 3.13. The van der Waals surface area contributed by atoms with E-state index < -0.39 is 0 Å². The number of hydrogen-bond donors (Lipinski definition) is 0. The van der Waals surface area contributed by atoms with E-state index in [1.807, 2.05) is 17.9 Å². The van der Waals surface area contributed by atoms with Crippen molar-refractivity contribution in [3.8, 4) is 0 Å². The fourth-order valence-electron chi connectivity index (χ4n) is 2.02. The van der Waals surface area contributed by atoms with Gasteiger partial charge in [-0.15, -0.1) is 11.3 Å². The summed E-state index contributed by atoms with van der Waals surface area (Å²) in [4.78, 5) is 17.5. The Labute approximate surface area is 128 Å².